The average Bonchev–Trinajstić information content (AvgIpc) is 2.98. The summed E-state index contributed by atoms with van der Waals surface area (Å²) in [4.78, 5) is 17.1. The third-order valence-electron chi connectivity index (χ3n) is 3.77. The minimum absolute atomic E-state index is 0.0140. The SMILES string of the molecule is COC(=O)C1=C(O)/C(=C/c2ccc(O)c(OC)c2)SC1=Nc1ccccc1. The van der Waals surface area contributed by atoms with Crippen molar-refractivity contribution in [1.82, 2.24) is 0 Å². The maximum atomic E-state index is 12.2. The highest BCUT2D eigenvalue weighted by Crippen LogP contribution is 2.40. The number of carbonyl (C=O) groups excluding carboxylic acids is 1. The van der Waals surface area contributed by atoms with Gasteiger partial charge in [-0.3, -0.25) is 0 Å². The number of hydrogen-bond donors (Lipinski definition) is 2. The molecule has 1 aliphatic heterocycles. The van der Waals surface area contributed by atoms with Gasteiger partial charge in [0.05, 0.1) is 24.8 Å². The van der Waals surface area contributed by atoms with E-state index in [1.807, 2.05) is 18.2 Å². The Morgan fingerprint density at radius 3 is 2.52 bits per heavy atom. The number of methoxy groups -OCH3 is 2. The fourth-order valence-electron chi connectivity index (χ4n) is 2.45. The molecule has 2 N–H and O–H groups in total. The van der Waals surface area contributed by atoms with Crippen LogP contribution in [0.5, 0.6) is 11.5 Å². The number of ether oxygens (including phenoxy) is 2. The van der Waals surface area contributed by atoms with Crippen LogP contribution in [0.2, 0.25) is 0 Å². The van der Waals surface area contributed by atoms with Gasteiger partial charge in [0, 0.05) is 0 Å². The Hall–Kier alpha value is -3.19. The summed E-state index contributed by atoms with van der Waals surface area (Å²) in [6.07, 6.45) is 1.68. The number of para-hydroxylation sites is 1. The van der Waals surface area contributed by atoms with E-state index in [1.54, 1.807) is 30.3 Å². The summed E-state index contributed by atoms with van der Waals surface area (Å²) in [6, 6.07) is 13.9. The molecule has 0 unspecified atom stereocenters. The van der Waals surface area contributed by atoms with Crippen molar-refractivity contribution >= 4 is 34.5 Å². The molecule has 7 heteroatoms. The standard InChI is InChI=1S/C20H17NO5S/c1-25-15-10-12(8-9-14(15)22)11-16-18(23)17(20(24)26-2)19(27-16)21-13-6-4-3-5-7-13/h3-11,22-23H,1-2H3/b16-11-,21-19?. The number of hydrogen-bond acceptors (Lipinski definition) is 7. The van der Waals surface area contributed by atoms with E-state index in [0.717, 1.165) is 11.8 Å². The van der Waals surface area contributed by atoms with Gasteiger partial charge < -0.3 is 19.7 Å². The summed E-state index contributed by atoms with van der Waals surface area (Å²) < 4.78 is 9.89. The lowest BCUT2D eigenvalue weighted by molar-refractivity contribution is -0.135. The first-order chi connectivity index (χ1) is 13.0. The van der Waals surface area contributed by atoms with Crippen molar-refractivity contribution in [3.8, 4) is 11.5 Å². The van der Waals surface area contributed by atoms with Gasteiger partial charge in [0.2, 0.25) is 0 Å². The number of nitrogens with zero attached hydrogens (tertiary/aromatic N) is 1. The lowest BCUT2D eigenvalue weighted by atomic mass is 10.1. The summed E-state index contributed by atoms with van der Waals surface area (Å²) in [5.41, 5.74) is 1.36. The van der Waals surface area contributed by atoms with E-state index in [9.17, 15) is 15.0 Å². The van der Waals surface area contributed by atoms with Crippen molar-refractivity contribution in [2.45, 2.75) is 0 Å². The highest BCUT2D eigenvalue weighted by atomic mass is 32.2. The van der Waals surface area contributed by atoms with E-state index in [0.29, 0.717) is 26.9 Å². The zero-order valence-corrected chi connectivity index (χ0v) is 15.5. The van der Waals surface area contributed by atoms with Gasteiger partial charge in [-0.1, -0.05) is 36.0 Å². The van der Waals surface area contributed by atoms with Crippen LogP contribution in [-0.2, 0) is 9.53 Å². The fourth-order valence-corrected chi connectivity index (χ4v) is 3.48. The monoisotopic (exact) mass is 383 g/mol. The predicted octanol–water partition coefficient (Wildman–Crippen LogP) is 4.20. The molecule has 0 bridgehead atoms. The number of rotatable bonds is 4. The number of benzene rings is 2. The number of aliphatic imine (C=N–C) groups is 1. The number of phenols is 1. The third-order valence-corrected chi connectivity index (χ3v) is 4.79. The number of thioether (sulfide) groups is 1. The van der Waals surface area contributed by atoms with E-state index in [-0.39, 0.29) is 17.1 Å². The summed E-state index contributed by atoms with van der Waals surface area (Å²) in [6.45, 7) is 0. The Balaban J connectivity index is 2.04. The lowest BCUT2D eigenvalue weighted by Crippen LogP contribution is -2.10. The third kappa shape index (κ3) is 3.98. The highest BCUT2D eigenvalue weighted by molar-refractivity contribution is 8.18. The van der Waals surface area contributed by atoms with E-state index in [2.05, 4.69) is 4.99 Å². The molecule has 1 heterocycles. The largest absolute Gasteiger partial charge is 0.506 e. The molecule has 0 aliphatic carbocycles. The molecule has 3 rings (SSSR count). The zero-order chi connectivity index (χ0) is 19.4. The van der Waals surface area contributed by atoms with Crippen molar-refractivity contribution in [1.29, 1.82) is 0 Å². The van der Waals surface area contributed by atoms with Crippen molar-refractivity contribution in [3.63, 3.8) is 0 Å². The molecule has 0 fully saturated rings. The first kappa shape index (κ1) is 18.6. The molecule has 2 aromatic rings. The molecule has 0 radical (unpaired) electrons. The second-order valence-electron chi connectivity index (χ2n) is 5.51. The average molecular weight is 383 g/mol. The van der Waals surface area contributed by atoms with Gasteiger partial charge in [-0.05, 0) is 35.9 Å². The molecule has 0 aromatic heterocycles. The highest BCUT2D eigenvalue weighted by Gasteiger charge is 2.33. The van der Waals surface area contributed by atoms with Crippen LogP contribution in [0.25, 0.3) is 6.08 Å². The van der Waals surface area contributed by atoms with Gasteiger partial charge in [0.1, 0.15) is 16.4 Å². The molecule has 0 saturated heterocycles. The fraction of sp³-hybridized carbons (Fsp3) is 0.100. The van der Waals surface area contributed by atoms with Crippen LogP contribution in [-0.4, -0.2) is 35.4 Å². The Bertz CT molecular complexity index is 964. The second-order valence-corrected chi connectivity index (χ2v) is 6.54. The van der Waals surface area contributed by atoms with Crippen LogP contribution >= 0.6 is 11.8 Å². The first-order valence-electron chi connectivity index (χ1n) is 7.96. The summed E-state index contributed by atoms with van der Waals surface area (Å²) >= 11 is 1.16. The van der Waals surface area contributed by atoms with Crippen molar-refractivity contribution in [2.75, 3.05) is 14.2 Å². The van der Waals surface area contributed by atoms with E-state index >= 15 is 0 Å². The molecule has 0 saturated carbocycles. The van der Waals surface area contributed by atoms with E-state index < -0.39 is 5.97 Å². The van der Waals surface area contributed by atoms with Crippen molar-refractivity contribution < 1.29 is 24.5 Å². The van der Waals surface area contributed by atoms with Gasteiger partial charge >= 0.3 is 5.97 Å². The number of carbonyl (C=O) groups is 1. The van der Waals surface area contributed by atoms with E-state index in [4.69, 9.17) is 9.47 Å². The molecular formula is C20H17NO5S. The number of aliphatic hydroxyl groups excluding tert-OH is 1. The molecule has 138 valence electrons. The van der Waals surface area contributed by atoms with Crippen LogP contribution in [0.1, 0.15) is 5.56 Å². The van der Waals surface area contributed by atoms with Crippen molar-refractivity contribution in [2.24, 2.45) is 4.99 Å². The molecule has 0 spiro atoms. The Labute approximate surface area is 160 Å². The van der Waals surface area contributed by atoms with Crippen molar-refractivity contribution in [3.05, 3.63) is 70.3 Å². The normalized spacial score (nSPS) is 16.8. The van der Waals surface area contributed by atoms with E-state index in [1.165, 1.54) is 20.3 Å². The first-order valence-corrected chi connectivity index (χ1v) is 8.77. The number of aliphatic hydroxyl groups is 1. The molecular weight excluding hydrogens is 366 g/mol. The zero-order valence-electron chi connectivity index (χ0n) is 14.7. The van der Waals surface area contributed by atoms with Crippen LogP contribution < -0.4 is 4.74 Å². The van der Waals surface area contributed by atoms with Gasteiger partial charge in [-0.2, -0.15) is 0 Å². The molecule has 0 amide bonds. The maximum Gasteiger partial charge on any atom is 0.344 e. The van der Waals surface area contributed by atoms with Crippen LogP contribution in [0, 0.1) is 0 Å². The summed E-state index contributed by atoms with van der Waals surface area (Å²) in [5.74, 6) is -0.544. The van der Waals surface area contributed by atoms with Crippen LogP contribution in [0.15, 0.2) is 69.8 Å². The Morgan fingerprint density at radius 1 is 1.11 bits per heavy atom. The summed E-state index contributed by atoms with van der Waals surface area (Å²) in [7, 11) is 2.70. The van der Waals surface area contributed by atoms with Crippen LogP contribution in [0.3, 0.4) is 0 Å². The van der Waals surface area contributed by atoms with Gasteiger partial charge in [-0.15, -0.1) is 0 Å². The Kier molecular flexibility index (Phi) is 5.52. The number of esters is 1. The molecule has 27 heavy (non-hydrogen) atoms. The lowest BCUT2D eigenvalue weighted by Gasteiger charge is -2.04. The smallest absolute Gasteiger partial charge is 0.344 e. The molecule has 6 nitrogen and oxygen atoms in total. The predicted molar refractivity (Wildman–Crippen MR) is 105 cm³/mol. The van der Waals surface area contributed by atoms with Gasteiger partial charge in [-0.25, -0.2) is 9.79 Å². The van der Waals surface area contributed by atoms with Crippen LogP contribution in [0.4, 0.5) is 5.69 Å². The quantitative estimate of drug-likeness (QED) is 0.769. The molecule has 1 aliphatic rings. The topological polar surface area (TPSA) is 88.4 Å². The van der Waals surface area contributed by atoms with Gasteiger partial charge in [0.25, 0.3) is 0 Å². The van der Waals surface area contributed by atoms with Gasteiger partial charge in [0.15, 0.2) is 11.5 Å². The number of phenolic OH excluding ortho intramolecular Hbond substituents is 1. The number of aromatic hydroxyl groups is 1. The minimum Gasteiger partial charge on any atom is -0.506 e. The minimum atomic E-state index is -0.665. The molecule has 2 aromatic carbocycles. The maximum absolute atomic E-state index is 12.2. The molecule has 0 atom stereocenters. The Morgan fingerprint density at radius 2 is 1.85 bits per heavy atom. The second kappa shape index (κ2) is 8.01. The summed E-state index contributed by atoms with van der Waals surface area (Å²) in [5, 5.41) is 20.6.